The number of hydrogen-bond donors (Lipinski definition) is 1. The summed E-state index contributed by atoms with van der Waals surface area (Å²) in [5, 5.41) is 1.37. The number of nitrogens with zero attached hydrogens (tertiary/aromatic N) is 4. The lowest BCUT2D eigenvalue weighted by Crippen LogP contribution is -2.59. The van der Waals surface area contributed by atoms with Gasteiger partial charge in [0, 0.05) is 33.1 Å². The van der Waals surface area contributed by atoms with Crippen LogP contribution in [-0.2, 0) is 14.4 Å². The number of amidine groups is 1. The number of nitrogens with one attached hydrogen (secondary N) is 1. The van der Waals surface area contributed by atoms with E-state index in [1.54, 1.807) is 43.0 Å². The number of piperidine rings is 1. The topological polar surface area (TPSA) is 85.3 Å². The number of rotatable bonds is 3. The van der Waals surface area contributed by atoms with Crippen molar-refractivity contribution in [1.29, 1.82) is 0 Å². The molecule has 0 bridgehead atoms. The number of anilines is 1. The summed E-state index contributed by atoms with van der Waals surface area (Å²) < 4.78 is 0. The SMILES string of the molecule is C[C@H]1N=C(C(=O)N2CCC(C(=O)N(C)C)CC2)NN(c2ccccc2)C1=O. The van der Waals surface area contributed by atoms with Crippen LogP contribution in [0.1, 0.15) is 19.8 Å². The molecule has 3 amide bonds. The molecular weight excluding hydrogens is 346 g/mol. The van der Waals surface area contributed by atoms with Crippen LogP contribution in [0.2, 0.25) is 0 Å². The Morgan fingerprint density at radius 3 is 2.37 bits per heavy atom. The first-order valence-electron chi connectivity index (χ1n) is 9.12. The summed E-state index contributed by atoms with van der Waals surface area (Å²) in [7, 11) is 3.49. The summed E-state index contributed by atoms with van der Waals surface area (Å²) in [4.78, 5) is 45.0. The van der Waals surface area contributed by atoms with Crippen molar-refractivity contribution in [2.24, 2.45) is 10.9 Å². The fourth-order valence-electron chi connectivity index (χ4n) is 3.34. The lowest BCUT2D eigenvalue weighted by Gasteiger charge is -2.35. The smallest absolute Gasteiger partial charge is 0.290 e. The molecule has 0 unspecified atom stereocenters. The summed E-state index contributed by atoms with van der Waals surface area (Å²) in [5.41, 5.74) is 3.52. The van der Waals surface area contributed by atoms with Crippen molar-refractivity contribution in [2.45, 2.75) is 25.8 Å². The Morgan fingerprint density at radius 2 is 1.78 bits per heavy atom. The first-order valence-corrected chi connectivity index (χ1v) is 9.12. The normalized spacial score (nSPS) is 20.8. The molecule has 0 aliphatic carbocycles. The van der Waals surface area contributed by atoms with Crippen molar-refractivity contribution in [2.75, 3.05) is 32.2 Å². The molecule has 0 aromatic heterocycles. The van der Waals surface area contributed by atoms with Gasteiger partial charge in [-0.05, 0) is 31.9 Å². The predicted octanol–water partition coefficient (Wildman–Crippen LogP) is 0.652. The van der Waals surface area contributed by atoms with Gasteiger partial charge in [-0.3, -0.25) is 19.8 Å². The Balaban J connectivity index is 1.69. The Morgan fingerprint density at radius 1 is 1.15 bits per heavy atom. The van der Waals surface area contributed by atoms with Gasteiger partial charge < -0.3 is 9.80 Å². The van der Waals surface area contributed by atoms with Gasteiger partial charge in [0.05, 0.1) is 5.69 Å². The van der Waals surface area contributed by atoms with Crippen LogP contribution in [0, 0.1) is 5.92 Å². The highest BCUT2D eigenvalue weighted by molar-refractivity contribution is 6.39. The third kappa shape index (κ3) is 3.94. The molecule has 1 aromatic rings. The molecular formula is C19H25N5O3. The van der Waals surface area contributed by atoms with Crippen LogP contribution in [0.15, 0.2) is 35.3 Å². The minimum atomic E-state index is -0.640. The van der Waals surface area contributed by atoms with Crippen molar-refractivity contribution >= 4 is 29.2 Å². The average Bonchev–Trinajstić information content (AvgIpc) is 2.69. The largest absolute Gasteiger partial charge is 0.349 e. The van der Waals surface area contributed by atoms with Crippen LogP contribution in [0.4, 0.5) is 5.69 Å². The highest BCUT2D eigenvalue weighted by Gasteiger charge is 2.35. The van der Waals surface area contributed by atoms with Crippen molar-refractivity contribution in [1.82, 2.24) is 15.2 Å². The molecule has 2 aliphatic rings. The highest BCUT2D eigenvalue weighted by Crippen LogP contribution is 2.20. The molecule has 144 valence electrons. The fourth-order valence-corrected chi connectivity index (χ4v) is 3.34. The van der Waals surface area contributed by atoms with Crippen molar-refractivity contribution in [3.63, 3.8) is 0 Å². The van der Waals surface area contributed by atoms with E-state index in [1.165, 1.54) is 5.01 Å². The van der Waals surface area contributed by atoms with Crippen LogP contribution in [0.3, 0.4) is 0 Å². The summed E-state index contributed by atoms with van der Waals surface area (Å²) in [5.74, 6) is -0.251. The molecule has 0 radical (unpaired) electrons. The Hall–Kier alpha value is -2.90. The van der Waals surface area contributed by atoms with Gasteiger partial charge in [0.2, 0.25) is 11.7 Å². The van der Waals surface area contributed by atoms with Crippen LogP contribution in [-0.4, -0.2) is 66.6 Å². The number of carbonyl (C=O) groups excluding carboxylic acids is 3. The molecule has 3 rings (SSSR count). The maximum absolute atomic E-state index is 12.9. The van der Waals surface area contributed by atoms with E-state index in [0.717, 1.165) is 0 Å². The molecule has 8 heteroatoms. The van der Waals surface area contributed by atoms with E-state index in [2.05, 4.69) is 10.4 Å². The maximum atomic E-state index is 12.9. The average molecular weight is 371 g/mol. The molecule has 27 heavy (non-hydrogen) atoms. The summed E-state index contributed by atoms with van der Waals surface area (Å²) >= 11 is 0. The Bertz CT molecular complexity index is 754. The summed E-state index contributed by atoms with van der Waals surface area (Å²) in [6.07, 6.45) is 1.26. The number of benzene rings is 1. The van der Waals surface area contributed by atoms with E-state index >= 15 is 0 Å². The lowest BCUT2D eigenvalue weighted by atomic mass is 9.95. The maximum Gasteiger partial charge on any atom is 0.290 e. The molecule has 2 aliphatic heterocycles. The standard InChI is InChI=1S/C19H25N5O3/c1-13-17(25)24(15-7-5-4-6-8-15)21-16(20-13)19(27)23-11-9-14(10-12-23)18(26)22(2)3/h4-8,13-14H,9-12H2,1-3H3,(H,20,21)/t13-/m1/s1. The minimum absolute atomic E-state index is 0.0494. The minimum Gasteiger partial charge on any atom is -0.349 e. The van der Waals surface area contributed by atoms with E-state index in [-0.39, 0.29) is 29.5 Å². The van der Waals surface area contributed by atoms with Gasteiger partial charge in [-0.25, -0.2) is 10.0 Å². The molecule has 1 fully saturated rings. The van der Waals surface area contributed by atoms with Crippen LogP contribution in [0.25, 0.3) is 0 Å². The van der Waals surface area contributed by atoms with Crippen molar-refractivity contribution < 1.29 is 14.4 Å². The van der Waals surface area contributed by atoms with E-state index in [4.69, 9.17) is 0 Å². The molecule has 1 saturated heterocycles. The number of amides is 3. The first kappa shape index (κ1) is 18.9. The van der Waals surface area contributed by atoms with Gasteiger partial charge in [0.15, 0.2) is 0 Å². The second-order valence-electron chi connectivity index (χ2n) is 7.07. The van der Waals surface area contributed by atoms with E-state index < -0.39 is 6.04 Å². The van der Waals surface area contributed by atoms with Gasteiger partial charge in [-0.1, -0.05) is 18.2 Å². The zero-order valence-electron chi connectivity index (χ0n) is 15.9. The van der Waals surface area contributed by atoms with Crippen LogP contribution >= 0.6 is 0 Å². The fraction of sp³-hybridized carbons (Fsp3) is 0.474. The van der Waals surface area contributed by atoms with Crippen LogP contribution in [0.5, 0.6) is 0 Å². The molecule has 8 nitrogen and oxygen atoms in total. The van der Waals surface area contributed by atoms with Crippen molar-refractivity contribution in [3.8, 4) is 0 Å². The lowest BCUT2D eigenvalue weighted by molar-refractivity contribution is -0.136. The Kier molecular flexibility index (Phi) is 5.43. The van der Waals surface area contributed by atoms with Crippen LogP contribution < -0.4 is 10.4 Å². The number of hydrogen-bond acceptors (Lipinski definition) is 5. The summed E-state index contributed by atoms with van der Waals surface area (Å²) in [6, 6.07) is 8.47. The molecule has 0 saturated carbocycles. The van der Waals surface area contributed by atoms with Gasteiger partial charge in [-0.15, -0.1) is 0 Å². The van der Waals surface area contributed by atoms with E-state index in [9.17, 15) is 14.4 Å². The number of aliphatic imine (C=N–C) groups is 1. The number of para-hydroxylation sites is 1. The van der Waals surface area contributed by atoms with Gasteiger partial charge in [0.1, 0.15) is 6.04 Å². The molecule has 0 spiro atoms. The summed E-state index contributed by atoms with van der Waals surface area (Å²) in [6.45, 7) is 2.67. The molecule has 1 aromatic carbocycles. The quantitative estimate of drug-likeness (QED) is 0.846. The molecule has 1 atom stereocenters. The zero-order valence-corrected chi connectivity index (χ0v) is 15.9. The van der Waals surface area contributed by atoms with E-state index in [0.29, 0.717) is 31.6 Å². The van der Waals surface area contributed by atoms with E-state index in [1.807, 2.05) is 18.2 Å². The third-order valence-corrected chi connectivity index (χ3v) is 4.91. The van der Waals surface area contributed by atoms with Gasteiger partial charge >= 0.3 is 0 Å². The monoisotopic (exact) mass is 371 g/mol. The van der Waals surface area contributed by atoms with Crippen molar-refractivity contribution in [3.05, 3.63) is 30.3 Å². The number of likely N-dealkylation sites (tertiary alicyclic amines) is 1. The second kappa shape index (κ2) is 7.77. The predicted molar refractivity (Wildman–Crippen MR) is 102 cm³/mol. The molecule has 1 N–H and O–H groups in total. The second-order valence-corrected chi connectivity index (χ2v) is 7.07. The highest BCUT2D eigenvalue weighted by atomic mass is 16.2. The number of hydrazine groups is 1. The first-order chi connectivity index (χ1) is 12.9. The third-order valence-electron chi connectivity index (χ3n) is 4.91. The molecule has 2 heterocycles. The van der Waals surface area contributed by atoms with Gasteiger partial charge in [-0.2, -0.15) is 0 Å². The zero-order chi connectivity index (χ0) is 19.6. The number of carbonyl (C=O) groups is 3. The Labute approximate surface area is 158 Å². The van der Waals surface area contributed by atoms with Gasteiger partial charge in [0.25, 0.3) is 11.8 Å².